The predicted molar refractivity (Wildman–Crippen MR) is 50.4 cm³/mol. The SMILES string of the molecule is COCCC1CCCN(C(N)=O)C1. The lowest BCUT2D eigenvalue weighted by Crippen LogP contribution is -2.43. The van der Waals surface area contributed by atoms with Crippen molar-refractivity contribution in [2.24, 2.45) is 11.7 Å². The molecule has 0 aliphatic carbocycles. The van der Waals surface area contributed by atoms with Gasteiger partial charge in [-0.15, -0.1) is 0 Å². The van der Waals surface area contributed by atoms with Crippen molar-refractivity contribution >= 4 is 6.03 Å². The summed E-state index contributed by atoms with van der Waals surface area (Å²) in [6.45, 7) is 2.40. The molecule has 13 heavy (non-hydrogen) atoms. The first-order valence-corrected chi connectivity index (χ1v) is 4.77. The van der Waals surface area contributed by atoms with E-state index in [9.17, 15) is 4.79 Å². The highest BCUT2D eigenvalue weighted by molar-refractivity contribution is 5.72. The van der Waals surface area contributed by atoms with Crippen molar-refractivity contribution in [3.63, 3.8) is 0 Å². The zero-order valence-electron chi connectivity index (χ0n) is 8.16. The molecule has 0 saturated carbocycles. The highest BCUT2D eigenvalue weighted by Crippen LogP contribution is 2.18. The van der Waals surface area contributed by atoms with Crippen molar-refractivity contribution in [2.45, 2.75) is 19.3 Å². The molecular weight excluding hydrogens is 168 g/mol. The molecule has 1 heterocycles. The molecule has 2 amide bonds. The number of hydrogen-bond donors (Lipinski definition) is 1. The third kappa shape index (κ3) is 3.22. The highest BCUT2D eigenvalue weighted by Gasteiger charge is 2.21. The number of amides is 2. The van der Waals surface area contributed by atoms with Crippen LogP contribution in [0.5, 0.6) is 0 Å². The van der Waals surface area contributed by atoms with Crippen molar-refractivity contribution in [3.05, 3.63) is 0 Å². The number of piperidine rings is 1. The lowest BCUT2D eigenvalue weighted by atomic mass is 9.95. The lowest BCUT2D eigenvalue weighted by molar-refractivity contribution is 0.136. The summed E-state index contributed by atoms with van der Waals surface area (Å²) >= 11 is 0. The van der Waals surface area contributed by atoms with Gasteiger partial charge >= 0.3 is 6.03 Å². The van der Waals surface area contributed by atoms with Gasteiger partial charge in [-0.25, -0.2) is 4.79 Å². The Morgan fingerprint density at radius 3 is 3.08 bits per heavy atom. The number of nitrogens with zero attached hydrogens (tertiary/aromatic N) is 1. The van der Waals surface area contributed by atoms with Gasteiger partial charge in [-0.3, -0.25) is 0 Å². The Labute approximate surface area is 79.0 Å². The maximum absolute atomic E-state index is 10.9. The van der Waals surface area contributed by atoms with Crippen molar-refractivity contribution in [1.82, 2.24) is 4.90 Å². The van der Waals surface area contributed by atoms with E-state index in [1.165, 1.54) is 6.42 Å². The summed E-state index contributed by atoms with van der Waals surface area (Å²) < 4.78 is 5.01. The van der Waals surface area contributed by atoms with Gasteiger partial charge < -0.3 is 15.4 Å². The van der Waals surface area contributed by atoms with E-state index in [-0.39, 0.29) is 6.03 Å². The number of primary amides is 1. The molecule has 1 rings (SSSR count). The molecule has 1 saturated heterocycles. The van der Waals surface area contributed by atoms with Gasteiger partial charge in [-0.05, 0) is 25.2 Å². The predicted octanol–water partition coefficient (Wildman–Crippen LogP) is 0.814. The highest BCUT2D eigenvalue weighted by atomic mass is 16.5. The normalized spacial score (nSPS) is 23.2. The van der Waals surface area contributed by atoms with E-state index in [0.717, 1.165) is 32.5 Å². The third-order valence-electron chi connectivity index (χ3n) is 2.56. The molecule has 0 aromatic heterocycles. The Morgan fingerprint density at radius 1 is 1.69 bits per heavy atom. The number of nitrogens with two attached hydrogens (primary N) is 1. The summed E-state index contributed by atoms with van der Waals surface area (Å²) in [7, 11) is 1.70. The van der Waals surface area contributed by atoms with Crippen LogP contribution in [0.3, 0.4) is 0 Å². The Morgan fingerprint density at radius 2 is 2.46 bits per heavy atom. The minimum Gasteiger partial charge on any atom is -0.385 e. The number of likely N-dealkylation sites (tertiary alicyclic amines) is 1. The molecule has 76 valence electrons. The molecule has 0 bridgehead atoms. The van der Waals surface area contributed by atoms with Gasteiger partial charge in [0.2, 0.25) is 0 Å². The molecule has 1 aliphatic heterocycles. The van der Waals surface area contributed by atoms with Crippen LogP contribution in [-0.2, 0) is 4.74 Å². The summed E-state index contributed by atoms with van der Waals surface area (Å²) in [5, 5.41) is 0. The average molecular weight is 186 g/mol. The molecule has 0 spiro atoms. The molecule has 1 fully saturated rings. The molecular formula is C9H18N2O2. The van der Waals surface area contributed by atoms with Crippen LogP contribution in [0.15, 0.2) is 0 Å². The van der Waals surface area contributed by atoms with Crippen LogP contribution in [0.1, 0.15) is 19.3 Å². The first-order valence-electron chi connectivity index (χ1n) is 4.77. The smallest absolute Gasteiger partial charge is 0.314 e. The van der Waals surface area contributed by atoms with E-state index in [1.807, 2.05) is 0 Å². The minimum atomic E-state index is -0.290. The van der Waals surface area contributed by atoms with E-state index >= 15 is 0 Å². The Hall–Kier alpha value is -0.770. The average Bonchev–Trinajstić information content (AvgIpc) is 2.15. The quantitative estimate of drug-likeness (QED) is 0.709. The maximum Gasteiger partial charge on any atom is 0.314 e. The second-order valence-electron chi connectivity index (χ2n) is 3.57. The monoisotopic (exact) mass is 186 g/mol. The van der Waals surface area contributed by atoms with Crippen LogP contribution in [0.25, 0.3) is 0 Å². The summed E-state index contributed by atoms with van der Waals surface area (Å²) in [5.74, 6) is 0.571. The largest absolute Gasteiger partial charge is 0.385 e. The molecule has 1 atom stereocenters. The van der Waals surface area contributed by atoms with E-state index in [0.29, 0.717) is 5.92 Å². The summed E-state index contributed by atoms with van der Waals surface area (Å²) in [4.78, 5) is 12.6. The van der Waals surface area contributed by atoms with Crippen LogP contribution in [0, 0.1) is 5.92 Å². The zero-order chi connectivity index (χ0) is 9.68. The molecule has 4 heteroatoms. The number of rotatable bonds is 3. The summed E-state index contributed by atoms with van der Waals surface area (Å²) in [6, 6.07) is -0.290. The van der Waals surface area contributed by atoms with Gasteiger partial charge in [-0.2, -0.15) is 0 Å². The fourth-order valence-electron chi connectivity index (χ4n) is 1.79. The van der Waals surface area contributed by atoms with E-state index < -0.39 is 0 Å². The van der Waals surface area contributed by atoms with Gasteiger partial charge in [0.05, 0.1) is 0 Å². The molecule has 0 aromatic rings. The number of methoxy groups -OCH3 is 1. The van der Waals surface area contributed by atoms with Gasteiger partial charge in [0.1, 0.15) is 0 Å². The molecule has 4 nitrogen and oxygen atoms in total. The summed E-state index contributed by atoms with van der Waals surface area (Å²) in [5.41, 5.74) is 5.21. The van der Waals surface area contributed by atoms with Crippen LogP contribution >= 0.6 is 0 Å². The van der Waals surface area contributed by atoms with Gasteiger partial charge in [0.15, 0.2) is 0 Å². The van der Waals surface area contributed by atoms with E-state index in [1.54, 1.807) is 12.0 Å². The molecule has 0 aromatic carbocycles. The number of carbonyl (C=O) groups is 1. The number of urea groups is 1. The molecule has 2 N–H and O–H groups in total. The van der Waals surface area contributed by atoms with Crippen molar-refractivity contribution in [3.8, 4) is 0 Å². The van der Waals surface area contributed by atoms with Gasteiger partial charge in [0, 0.05) is 26.8 Å². The van der Waals surface area contributed by atoms with Gasteiger partial charge in [-0.1, -0.05) is 0 Å². The number of hydrogen-bond acceptors (Lipinski definition) is 2. The molecule has 0 radical (unpaired) electrons. The van der Waals surface area contributed by atoms with E-state index in [4.69, 9.17) is 10.5 Å². The Balaban J connectivity index is 2.29. The lowest BCUT2D eigenvalue weighted by Gasteiger charge is -2.31. The summed E-state index contributed by atoms with van der Waals surface area (Å²) in [6.07, 6.45) is 3.28. The Bertz CT molecular complexity index is 173. The Kier molecular flexibility index (Phi) is 4.02. The molecule has 1 aliphatic rings. The van der Waals surface area contributed by atoms with Crippen molar-refractivity contribution in [2.75, 3.05) is 26.8 Å². The third-order valence-corrected chi connectivity index (χ3v) is 2.56. The van der Waals surface area contributed by atoms with Crippen molar-refractivity contribution < 1.29 is 9.53 Å². The number of carbonyl (C=O) groups excluding carboxylic acids is 1. The molecule has 1 unspecified atom stereocenters. The maximum atomic E-state index is 10.9. The zero-order valence-corrected chi connectivity index (χ0v) is 8.16. The standard InChI is InChI=1S/C9H18N2O2/c1-13-6-4-8-3-2-5-11(7-8)9(10)12/h8H,2-7H2,1H3,(H2,10,12). The minimum absolute atomic E-state index is 0.290. The fourth-order valence-corrected chi connectivity index (χ4v) is 1.79. The fraction of sp³-hybridized carbons (Fsp3) is 0.889. The second-order valence-corrected chi connectivity index (χ2v) is 3.57. The van der Waals surface area contributed by atoms with Crippen molar-refractivity contribution in [1.29, 1.82) is 0 Å². The second kappa shape index (κ2) is 5.07. The van der Waals surface area contributed by atoms with Crippen LogP contribution in [0.4, 0.5) is 4.79 Å². The number of ether oxygens (including phenoxy) is 1. The van der Waals surface area contributed by atoms with Crippen LogP contribution in [0.2, 0.25) is 0 Å². The van der Waals surface area contributed by atoms with E-state index in [2.05, 4.69) is 0 Å². The first-order chi connectivity index (χ1) is 6.24. The van der Waals surface area contributed by atoms with Crippen LogP contribution in [-0.4, -0.2) is 37.7 Å². The van der Waals surface area contributed by atoms with Crippen LogP contribution < -0.4 is 5.73 Å². The topological polar surface area (TPSA) is 55.6 Å². The van der Waals surface area contributed by atoms with Gasteiger partial charge in [0.25, 0.3) is 0 Å². The first kappa shape index (κ1) is 10.3.